The van der Waals surface area contributed by atoms with E-state index in [9.17, 15) is 0 Å². The van der Waals surface area contributed by atoms with E-state index in [-0.39, 0.29) is 5.54 Å². The zero-order valence-corrected chi connectivity index (χ0v) is 14.3. The van der Waals surface area contributed by atoms with Gasteiger partial charge in [-0.05, 0) is 46.7 Å². The third kappa shape index (κ3) is 5.05. The molecule has 114 valence electrons. The van der Waals surface area contributed by atoms with E-state index >= 15 is 0 Å². The van der Waals surface area contributed by atoms with Crippen LogP contribution >= 0.6 is 0 Å². The minimum absolute atomic E-state index is 0.208. The highest BCUT2D eigenvalue weighted by molar-refractivity contribution is 4.92. The van der Waals surface area contributed by atoms with Crippen LogP contribution in [-0.2, 0) is 0 Å². The molecular weight excluding hydrogens is 234 g/mol. The third-order valence-electron chi connectivity index (χ3n) is 4.34. The van der Waals surface area contributed by atoms with Gasteiger partial charge in [-0.3, -0.25) is 4.90 Å². The van der Waals surface area contributed by atoms with Crippen molar-refractivity contribution in [3.8, 4) is 0 Å². The van der Waals surface area contributed by atoms with Crippen molar-refractivity contribution in [1.82, 2.24) is 15.1 Å². The van der Waals surface area contributed by atoms with Crippen molar-refractivity contribution in [2.24, 2.45) is 11.8 Å². The fourth-order valence-corrected chi connectivity index (χ4v) is 3.13. The molecule has 0 aromatic rings. The first-order valence-corrected chi connectivity index (χ1v) is 7.77. The quantitative estimate of drug-likeness (QED) is 0.826. The van der Waals surface area contributed by atoms with E-state index in [2.05, 4.69) is 70.8 Å². The molecule has 1 N–H and O–H groups in total. The van der Waals surface area contributed by atoms with E-state index in [1.54, 1.807) is 0 Å². The van der Waals surface area contributed by atoms with Crippen molar-refractivity contribution >= 4 is 0 Å². The zero-order chi connectivity index (χ0) is 14.8. The lowest BCUT2D eigenvalue weighted by atomic mass is 10.0. The van der Waals surface area contributed by atoms with E-state index in [0.717, 1.165) is 12.5 Å². The van der Waals surface area contributed by atoms with Gasteiger partial charge in [-0.1, -0.05) is 20.8 Å². The van der Waals surface area contributed by atoms with Gasteiger partial charge in [0.25, 0.3) is 0 Å². The van der Waals surface area contributed by atoms with Crippen LogP contribution in [0, 0.1) is 11.8 Å². The van der Waals surface area contributed by atoms with Gasteiger partial charge in [-0.25, -0.2) is 0 Å². The fourth-order valence-electron chi connectivity index (χ4n) is 3.13. The van der Waals surface area contributed by atoms with Crippen molar-refractivity contribution in [2.45, 2.75) is 59.2 Å². The van der Waals surface area contributed by atoms with Gasteiger partial charge < -0.3 is 10.2 Å². The van der Waals surface area contributed by atoms with Crippen LogP contribution in [0.2, 0.25) is 0 Å². The van der Waals surface area contributed by atoms with Crippen LogP contribution in [0.5, 0.6) is 0 Å². The molecule has 0 aliphatic carbocycles. The summed E-state index contributed by atoms with van der Waals surface area (Å²) < 4.78 is 0. The number of nitrogens with one attached hydrogen (secondary N) is 1. The zero-order valence-electron chi connectivity index (χ0n) is 14.3. The highest BCUT2D eigenvalue weighted by Crippen LogP contribution is 2.24. The highest BCUT2D eigenvalue weighted by atomic mass is 15.3. The molecule has 3 nitrogen and oxygen atoms in total. The third-order valence-corrected chi connectivity index (χ3v) is 4.34. The van der Waals surface area contributed by atoms with Crippen molar-refractivity contribution < 1.29 is 0 Å². The lowest BCUT2D eigenvalue weighted by molar-refractivity contribution is 0.162. The van der Waals surface area contributed by atoms with Gasteiger partial charge in [0, 0.05) is 37.3 Å². The molecule has 0 radical (unpaired) electrons. The maximum absolute atomic E-state index is 3.68. The molecule has 1 aliphatic rings. The summed E-state index contributed by atoms with van der Waals surface area (Å²) in [6.45, 7) is 17.4. The van der Waals surface area contributed by atoms with Gasteiger partial charge >= 0.3 is 0 Å². The Morgan fingerprint density at radius 3 is 2.16 bits per heavy atom. The van der Waals surface area contributed by atoms with Crippen LogP contribution in [-0.4, -0.2) is 61.2 Å². The summed E-state index contributed by atoms with van der Waals surface area (Å²) in [5, 5.41) is 3.68. The molecule has 1 heterocycles. The largest absolute Gasteiger partial charge is 0.311 e. The van der Waals surface area contributed by atoms with Gasteiger partial charge in [0.2, 0.25) is 0 Å². The average Bonchev–Trinajstić information content (AvgIpc) is 2.58. The number of likely N-dealkylation sites (N-methyl/N-ethyl adjacent to an activating group) is 1. The lowest BCUT2D eigenvalue weighted by Gasteiger charge is -2.34. The van der Waals surface area contributed by atoms with Crippen molar-refractivity contribution in [3.63, 3.8) is 0 Å². The molecule has 0 aromatic carbocycles. The Morgan fingerprint density at radius 1 is 1.21 bits per heavy atom. The number of likely N-dealkylation sites (tertiary alicyclic amines) is 1. The van der Waals surface area contributed by atoms with Crippen molar-refractivity contribution in [2.75, 3.05) is 33.7 Å². The van der Waals surface area contributed by atoms with Gasteiger partial charge in [0.05, 0.1) is 0 Å². The Balaban J connectivity index is 2.63. The van der Waals surface area contributed by atoms with Gasteiger partial charge in [-0.2, -0.15) is 0 Å². The number of nitrogens with zero attached hydrogens (tertiary/aromatic N) is 2. The van der Waals surface area contributed by atoms with E-state index in [1.807, 2.05) is 0 Å². The number of hydrogen-bond acceptors (Lipinski definition) is 3. The second-order valence-corrected chi connectivity index (χ2v) is 7.90. The maximum atomic E-state index is 3.68. The molecular formula is C16H35N3. The maximum Gasteiger partial charge on any atom is 0.0254 e. The Kier molecular flexibility index (Phi) is 5.84. The van der Waals surface area contributed by atoms with E-state index in [1.165, 1.54) is 13.1 Å². The number of hydrogen-bond donors (Lipinski definition) is 1. The van der Waals surface area contributed by atoms with Gasteiger partial charge in [0.15, 0.2) is 0 Å². The topological polar surface area (TPSA) is 18.5 Å². The molecule has 3 atom stereocenters. The molecule has 1 aliphatic heterocycles. The van der Waals surface area contributed by atoms with Gasteiger partial charge in [-0.15, -0.1) is 0 Å². The molecule has 1 fully saturated rings. The SMILES string of the molecule is CC(C)C(CNC(C)(C)C)N1CC(C)C(N(C)C)C1. The number of rotatable bonds is 5. The average molecular weight is 269 g/mol. The fraction of sp³-hybridized carbons (Fsp3) is 1.00. The second-order valence-electron chi connectivity index (χ2n) is 7.90. The summed E-state index contributed by atoms with van der Waals surface area (Å²) in [6.07, 6.45) is 0. The minimum Gasteiger partial charge on any atom is -0.311 e. The molecule has 1 saturated heterocycles. The van der Waals surface area contributed by atoms with Crippen LogP contribution in [0.1, 0.15) is 41.5 Å². The van der Waals surface area contributed by atoms with Crippen LogP contribution in [0.25, 0.3) is 0 Å². The molecule has 0 amide bonds. The highest BCUT2D eigenvalue weighted by Gasteiger charge is 2.35. The smallest absolute Gasteiger partial charge is 0.0254 e. The lowest BCUT2D eigenvalue weighted by Crippen LogP contribution is -2.49. The second kappa shape index (κ2) is 6.55. The Labute approximate surface area is 120 Å². The first-order valence-electron chi connectivity index (χ1n) is 7.77. The molecule has 3 heteroatoms. The molecule has 1 rings (SSSR count). The molecule has 3 unspecified atom stereocenters. The van der Waals surface area contributed by atoms with E-state index < -0.39 is 0 Å². The van der Waals surface area contributed by atoms with Crippen LogP contribution < -0.4 is 5.32 Å². The monoisotopic (exact) mass is 269 g/mol. The molecule has 0 saturated carbocycles. The normalized spacial score (nSPS) is 27.5. The minimum atomic E-state index is 0.208. The van der Waals surface area contributed by atoms with Crippen LogP contribution in [0.3, 0.4) is 0 Å². The Bertz CT molecular complexity index is 268. The van der Waals surface area contributed by atoms with Crippen molar-refractivity contribution in [3.05, 3.63) is 0 Å². The van der Waals surface area contributed by atoms with Crippen LogP contribution in [0.15, 0.2) is 0 Å². The predicted molar refractivity (Wildman–Crippen MR) is 84.6 cm³/mol. The predicted octanol–water partition coefficient (Wildman–Crippen LogP) is 2.28. The molecule has 0 bridgehead atoms. The summed E-state index contributed by atoms with van der Waals surface area (Å²) in [4.78, 5) is 5.08. The summed E-state index contributed by atoms with van der Waals surface area (Å²) in [6, 6.07) is 1.35. The van der Waals surface area contributed by atoms with Crippen molar-refractivity contribution in [1.29, 1.82) is 0 Å². The Hall–Kier alpha value is -0.120. The standard InChI is InChI=1S/C16H35N3/c1-12(2)14(9-17-16(4,5)6)19-10-13(3)15(11-19)18(7)8/h12-15,17H,9-11H2,1-8H3. The van der Waals surface area contributed by atoms with Crippen LogP contribution in [0.4, 0.5) is 0 Å². The summed E-state index contributed by atoms with van der Waals surface area (Å²) in [7, 11) is 4.42. The molecule has 19 heavy (non-hydrogen) atoms. The van der Waals surface area contributed by atoms with E-state index in [0.29, 0.717) is 18.0 Å². The summed E-state index contributed by atoms with van der Waals surface area (Å²) >= 11 is 0. The summed E-state index contributed by atoms with van der Waals surface area (Å²) in [5.74, 6) is 1.47. The first-order chi connectivity index (χ1) is 8.61. The van der Waals surface area contributed by atoms with E-state index in [4.69, 9.17) is 0 Å². The molecule has 0 spiro atoms. The van der Waals surface area contributed by atoms with Gasteiger partial charge in [0.1, 0.15) is 0 Å². The first kappa shape index (κ1) is 16.9. The summed E-state index contributed by atoms with van der Waals surface area (Å²) in [5.41, 5.74) is 0.208. The Morgan fingerprint density at radius 2 is 1.79 bits per heavy atom. The molecule has 0 aromatic heterocycles.